The molecule has 0 spiro atoms. The Labute approximate surface area is 205 Å². The lowest BCUT2D eigenvalue weighted by atomic mass is 10.3. The van der Waals surface area contributed by atoms with Crippen LogP contribution in [-0.2, 0) is 16.6 Å². The van der Waals surface area contributed by atoms with Crippen LogP contribution < -0.4 is 19.5 Å². The van der Waals surface area contributed by atoms with Gasteiger partial charge in [-0.3, -0.25) is 9.52 Å². The van der Waals surface area contributed by atoms with Crippen LogP contribution in [0.15, 0.2) is 82.5 Å². The lowest BCUT2D eigenvalue weighted by Crippen LogP contribution is -2.15. The number of carbonyl (C=O) groups excluding carboxylic acids is 1. The van der Waals surface area contributed by atoms with E-state index in [1.54, 1.807) is 42.5 Å². The van der Waals surface area contributed by atoms with Crippen molar-refractivity contribution in [3.8, 4) is 11.6 Å². The minimum atomic E-state index is -3.95. The monoisotopic (exact) mass is 514 g/mol. The minimum absolute atomic E-state index is 0.0993. The Morgan fingerprint density at radius 1 is 1.00 bits per heavy atom. The second kappa shape index (κ2) is 10.5. The summed E-state index contributed by atoms with van der Waals surface area (Å²) in [6.45, 7) is 0.141. The summed E-state index contributed by atoms with van der Waals surface area (Å²) in [5, 5.41) is 3.05. The van der Waals surface area contributed by atoms with Crippen LogP contribution in [0.4, 0.5) is 11.4 Å². The third kappa shape index (κ3) is 6.28. The SMILES string of the molecule is COc1cc(S(=O)(=O)Nc2ccc(NC(=O)c3ccc(COc4ccc(Cl)cc4)o3)cc2)ncn1. The van der Waals surface area contributed by atoms with E-state index in [0.717, 1.165) is 6.33 Å². The maximum Gasteiger partial charge on any atom is 0.291 e. The summed E-state index contributed by atoms with van der Waals surface area (Å²) in [5.74, 6) is 0.838. The highest BCUT2D eigenvalue weighted by Crippen LogP contribution is 2.21. The number of aromatic nitrogens is 2. The molecule has 0 bridgehead atoms. The van der Waals surface area contributed by atoms with Gasteiger partial charge in [0.25, 0.3) is 15.9 Å². The van der Waals surface area contributed by atoms with Gasteiger partial charge >= 0.3 is 0 Å². The highest BCUT2D eigenvalue weighted by Gasteiger charge is 2.18. The van der Waals surface area contributed by atoms with Crippen molar-refractivity contribution < 1.29 is 27.1 Å². The van der Waals surface area contributed by atoms with Crippen molar-refractivity contribution in [2.45, 2.75) is 11.6 Å². The number of ether oxygens (including phenoxy) is 2. The molecule has 4 rings (SSSR count). The fourth-order valence-corrected chi connectivity index (χ4v) is 3.98. The minimum Gasteiger partial charge on any atom is -0.486 e. The van der Waals surface area contributed by atoms with E-state index in [1.165, 1.54) is 31.4 Å². The number of hydrogen-bond acceptors (Lipinski definition) is 8. The van der Waals surface area contributed by atoms with Gasteiger partial charge in [-0.05, 0) is 60.7 Å². The zero-order valence-electron chi connectivity index (χ0n) is 18.3. The van der Waals surface area contributed by atoms with Gasteiger partial charge in [0.1, 0.15) is 24.4 Å². The van der Waals surface area contributed by atoms with Crippen LogP contribution in [0.25, 0.3) is 0 Å². The fourth-order valence-electron chi connectivity index (χ4n) is 2.87. The predicted molar refractivity (Wildman–Crippen MR) is 128 cm³/mol. The first-order valence-corrected chi connectivity index (χ1v) is 12.0. The largest absolute Gasteiger partial charge is 0.486 e. The number of benzene rings is 2. The van der Waals surface area contributed by atoms with E-state index in [4.69, 9.17) is 25.5 Å². The molecule has 0 radical (unpaired) electrons. The van der Waals surface area contributed by atoms with Gasteiger partial charge in [0.05, 0.1) is 7.11 Å². The Morgan fingerprint density at radius 3 is 2.43 bits per heavy atom. The smallest absolute Gasteiger partial charge is 0.291 e. The number of amides is 1. The van der Waals surface area contributed by atoms with Gasteiger partial charge in [-0.2, -0.15) is 8.42 Å². The van der Waals surface area contributed by atoms with E-state index < -0.39 is 15.9 Å². The molecule has 2 N–H and O–H groups in total. The van der Waals surface area contributed by atoms with Crippen LogP contribution in [-0.4, -0.2) is 31.4 Å². The molecule has 0 aliphatic rings. The second-order valence-corrected chi connectivity index (χ2v) is 9.11. The molecule has 180 valence electrons. The number of sulfonamides is 1. The van der Waals surface area contributed by atoms with Gasteiger partial charge < -0.3 is 19.2 Å². The Morgan fingerprint density at radius 2 is 1.71 bits per heavy atom. The van der Waals surface area contributed by atoms with E-state index in [2.05, 4.69) is 20.0 Å². The van der Waals surface area contributed by atoms with Crippen molar-refractivity contribution in [3.63, 3.8) is 0 Å². The number of halogens is 1. The molecule has 2 aromatic heterocycles. The number of carbonyl (C=O) groups is 1. The normalized spacial score (nSPS) is 11.0. The molecule has 0 aliphatic heterocycles. The summed E-state index contributed by atoms with van der Waals surface area (Å²) in [7, 11) is -2.58. The molecule has 0 unspecified atom stereocenters. The highest BCUT2D eigenvalue weighted by molar-refractivity contribution is 7.92. The van der Waals surface area contributed by atoms with E-state index in [9.17, 15) is 13.2 Å². The topological polar surface area (TPSA) is 133 Å². The van der Waals surface area contributed by atoms with E-state index in [-0.39, 0.29) is 29.0 Å². The lowest BCUT2D eigenvalue weighted by Gasteiger charge is -2.09. The van der Waals surface area contributed by atoms with E-state index >= 15 is 0 Å². The van der Waals surface area contributed by atoms with Gasteiger partial charge in [0, 0.05) is 22.5 Å². The molecule has 0 saturated heterocycles. The summed E-state index contributed by atoms with van der Waals surface area (Å²) in [5.41, 5.74) is 0.720. The summed E-state index contributed by atoms with van der Waals surface area (Å²) in [6, 6.07) is 17.4. The average Bonchev–Trinajstić information content (AvgIpc) is 3.34. The van der Waals surface area contributed by atoms with Crippen LogP contribution in [0.5, 0.6) is 11.6 Å². The molecule has 0 fully saturated rings. The first kappa shape index (κ1) is 24.0. The highest BCUT2D eigenvalue weighted by atomic mass is 35.5. The third-order valence-electron chi connectivity index (χ3n) is 4.58. The molecule has 0 saturated carbocycles. The molecule has 1 amide bonds. The number of nitrogens with zero attached hydrogens (tertiary/aromatic N) is 2. The average molecular weight is 515 g/mol. The first-order chi connectivity index (χ1) is 16.8. The molecule has 0 aliphatic carbocycles. The number of anilines is 2. The molecule has 35 heavy (non-hydrogen) atoms. The van der Waals surface area contributed by atoms with E-state index in [1.807, 2.05) is 0 Å². The summed E-state index contributed by atoms with van der Waals surface area (Å²) in [6.07, 6.45) is 1.09. The molecule has 0 atom stereocenters. The molecular formula is C23H19ClN4O6S. The standard InChI is InChI=1S/C23H19ClN4O6S/c1-32-21-12-22(26-14-25-21)35(30,31)28-17-6-4-16(5-7-17)27-23(29)20-11-10-19(34-20)13-33-18-8-2-15(24)3-9-18/h2-12,14,28H,13H2,1H3,(H,27,29). The van der Waals surface area contributed by atoms with Gasteiger partial charge in [0.2, 0.25) is 5.88 Å². The Bertz CT molecular complexity index is 1420. The predicted octanol–water partition coefficient (Wildman–Crippen LogP) is 4.36. The molecular weight excluding hydrogens is 496 g/mol. The summed E-state index contributed by atoms with van der Waals surface area (Å²) in [4.78, 5) is 20.0. The molecule has 10 nitrogen and oxygen atoms in total. The van der Waals surface area contributed by atoms with Gasteiger partial charge in [-0.1, -0.05) is 11.6 Å². The number of rotatable bonds is 9. The van der Waals surface area contributed by atoms with Crippen LogP contribution in [0.1, 0.15) is 16.3 Å². The Hall–Kier alpha value is -4.09. The Kier molecular flexibility index (Phi) is 7.18. The summed E-state index contributed by atoms with van der Waals surface area (Å²) >= 11 is 5.85. The van der Waals surface area contributed by atoms with Gasteiger partial charge in [-0.25, -0.2) is 9.97 Å². The molecule has 4 aromatic rings. The Balaban J connectivity index is 1.34. The van der Waals surface area contributed by atoms with Crippen molar-refractivity contribution >= 4 is 38.9 Å². The third-order valence-corrected chi connectivity index (χ3v) is 6.11. The lowest BCUT2D eigenvalue weighted by molar-refractivity contribution is 0.0992. The van der Waals surface area contributed by atoms with Crippen LogP contribution >= 0.6 is 11.6 Å². The maximum absolute atomic E-state index is 12.5. The fraction of sp³-hybridized carbons (Fsp3) is 0.0870. The zero-order valence-corrected chi connectivity index (χ0v) is 19.8. The van der Waals surface area contributed by atoms with Gasteiger partial charge in [-0.15, -0.1) is 0 Å². The molecule has 2 aromatic carbocycles. The molecule has 2 heterocycles. The number of furan rings is 1. The van der Waals surface area contributed by atoms with Crippen molar-refractivity contribution in [2.24, 2.45) is 0 Å². The number of hydrogen-bond donors (Lipinski definition) is 2. The zero-order chi connectivity index (χ0) is 24.8. The summed E-state index contributed by atoms with van der Waals surface area (Å²) < 4.78 is 43.5. The van der Waals surface area contributed by atoms with Gasteiger partial charge in [0.15, 0.2) is 10.8 Å². The number of nitrogens with one attached hydrogen (secondary N) is 2. The first-order valence-electron chi connectivity index (χ1n) is 10.1. The van der Waals surface area contributed by atoms with Crippen molar-refractivity contribution in [1.82, 2.24) is 9.97 Å². The van der Waals surface area contributed by atoms with Crippen molar-refractivity contribution in [2.75, 3.05) is 17.1 Å². The number of methoxy groups -OCH3 is 1. The maximum atomic E-state index is 12.5. The van der Waals surface area contributed by atoms with Crippen LogP contribution in [0, 0.1) is 0 Å². The van der Waals surface area contributed by atoms with E-state index in [0.29, 0.717) is 22.2 Å². The van der Waals surface area contributed by atoms with Crippen molar-refractivity contribution in [1.29, 1.82) is 0 Å². The van der Waals surface area contributed by atoms with Crippen LogP contribution in [0.3, 0.4) is 0 Å². The molecule has 12 heteroatoms. The quantitative estimate of drug-likeness (QED) is 0.315. The van der Waals surface area contributed by atoms with Crippen LogP contribution in [0.2, 0.25) is 5.02 Å². The van der Waals surface area contributed by atoms with Crippen molar-refractivity contribution in [3.05, 3.63) is 89.6 Å². The second-order valence-electron chi connectivity index (χ2n) is 7.04.